The van der Waals surface area contributed by atoms with Gasteiger partial charge in [-0.15, -0.1) is 0 Å². The maximum Gasteiger partial charge on any atom is 0.223 e. The molecule has 0 aliphatic carbocycles. The highest BCUT2D eigenvalue weighted by molar-refractivity contribution is 9.10. The summed E-state index contributed by atoms with van der Waals surface area (Å²) in [5.41, 5.74) is 2.08. The first-order valence-corrected chi connectivity index (χ1v) is 7.94. The molecule has 0 atom stereocenters. The lowest BCUT2D eigenvalue weighted by Gasteiger charge is -2.14. The van der Waals surface area contributed by atoms with Crippen molar-refractivity contribution in [2.24, 2.45) is 0 Å². The van der Waals surface area contributed by atoms with Crippen LogP contribution in [-0.2, 0) is 6.54 Å². The van der Waals surface area contributed by atoms with Gasteiger partial charge in [0.15, 0.2) is 0 Å². The summed E-state index contributed by atoms with van der Waals surface area (Å²) in [4.78, 5) is 4.35. The molecule has 0 aliphatic rings. The lowest BCUT2D eigenvalue weighted by molar-refractivity contribution is 0.450. The van der Waals surface area contributed by atoms with E-state index in [4.69, 9.17) is 16.3 Å². The van der Waals surface area contributed by atoms with E-state index in [0.29, 0.717) is 29.2 Å². The predicted molar refractivity (Wildman–Crippen MR) is 90.2 cm³/mol. The van der Waals surface area contributed by atoms with Gasteiger partial charge in [-0.25, -0.2) is 4.98 Å². The van der Waals surface area contributed by atoms with Crippen LogP contribution in [0.25, 0.3) is 0 Å². The topological polar surface area (TPSA) is 34.1 Å². The number of ether oxygens (including phenoxy) is 1. The number of benzene rings is 1. The lowest BCUT2D eigenvalue weighted by atomic mass is 10.2. The Balaban J connectivity index is 2.26. The Bertz CT molecular complexity index is 632. The van der Waals surface area contributed by atoms with Crippen LogP contribution < -0.4 is 10.1 Å². The lowest BCUT2D eigenvalue weighted by Crippen LogP contribution is -2.22. The molecule has 0 radical (unpaired) electrons. The first-order valence-electron chi connectivity index (χ1n) is 6.77. The molecule has 1 heterocycles. The molecule has 1 aromatic heterocycles. The van der Waals surface area contributed by atoms with Crippen LogP contribution >= 0.6 is 27.5 Å². The third-order valence-electron chi connectivity index (χ3n) is 2.89. The molecular formula is C16H18BrClN2O. The van der Waals surface area contributed by atoms with E-state index >= 15 is 0 Å². The van der Waals surface area contributed by atoms with Gasteiger partial charge in [-0.1, -0.05) is 31.5 Å². The molecule has 112 valence electrons. The molecule has 2 rings (SSSR count). The monoisotopic (exact) mass is 368 g/mol. The summed E-state index contributed by atoms with van der Waals surface area (Å²) in [5, 5.41) is 3.95. The molecule has 0 unspecified atom stereocenters. The van der Waals surface area contributed by atoms with Gasteiger partial charge in [0.1, 0.15) is 5.75 Å². The molecule has 1 aromatic carbocycles. The van der Waals surface area contributed by atoms with Crippen molar-refractivity contribution in [2.75, 3.05) is 0 Å². The number of pyridine rings is 1. The van der Waals surface area contributed by atoms with E-state index in [9.17, 15) is 0 Å². The van der Waals surface area contributed by atoms with E-state index in [0.717, 1.165) is 15.6 Å². The number of rotatable bonds is 5. The van der Waals surface area contributed by atoms with Gasteiger partial charge >= 0.3 is 0 Å². The van der Waals surface area contributed by atoms with Crippen LogP contribution in [0.1, 0.15) is 25.0 Å². The summed E-state index contributed by atoms with van der Waals surface area (Å²) in [6.07, 6.45) is 1.72. The Kier molecular flexibility index (Phi) is 5.62. The van der Waals surface area contributed by atoms with Gasteiger partial charge in [-0.2, -0.15) is 0 Å². The second kappa shape index (κ2) is 7.25. The van der Waals surface area contributed by atoms with Crippen molar-refractivity contribution in [3.63, 3.8) is 0 Å². The maximum atomic E-state index is 6.21. The van der Waals surface area contributed by atoms with Crippen LogP contribution in [0.2, 0.25) is 5.02 Å². The van der Waals surface area contributed by atoms with Crippen LogP contribution in [0.5, 0.6) is 11.6 Å². The predicted octanol–water partition coefficient (Wildman–Crippen LogP) is 5.10. The molecule has 0 spiro atoms. The first kappa shape index (κ1) is 16.3. The zero-order valence-electron chi connectivity index (χ0n) is 12.3. The molecule has 0 amide bonds. The van der Waals surface area contributed by atoms with E-state index in [1.807, 2.05) is 31.2 Å². The van der Waals surface area contributed by atoms with Crippen molar-refractivity contribution >= 4 is 27.5 Å². The van der Waals surface area contributed by atoms with Gasteiger partial charge in [-0.3, -0.25) is 0 Å². The minimum Gasteiger partial charge on any atom is -0.437 e. The highest BCUT2D eigenvalue weighted by Gasteiger charge is 2.10. The Morgan fingerprint density at radius 3 is 2.76 bits per heavy atom. The average molecular weight is 370 g/mol. The fraction of sp³-hybridized carbons (Fsp3) is 0.312. The second-order valence-electron chi connectivity index (χ2n) is 5.19. The summed E-state index contributed by atoms with van der Waals surface area (Å²) < 4.78 is 6.80. The summed E-state index contributed by atoms with van der Waals surface area (Å²) in [7, 11) is 0. The van der Waals surface area contributed by atoms with Crippen LogP contribution in [0.4, 0.5) is 0 Å². The van der Waals surface area contributed by atoms with Gasteiger partial charge in [-0.05, 0) is 46.6 Å². The fourth-order valence-electron chi connectivity index (χ4n) is 1.79. The highest BCUT2D eigenvalue weighted by Crippen LogP contribution is 2.31. The van der Waals surface area contributed by atoms with Gasteiger partial charge < -0.3 is 10.1 Å². The SMILES string of the molecule is Cc1ccc(Oc2ncc(Br)cc2CNC(C)C)c(Cl)c1. The largest absolute Gasteiger partial charge is 0.437 e. The normalized spacial score (nSPS) is 11.0. The van der Waals surface area contributed by atoms with Gasteiger partial charge in [0.05, 0.1) is 5.02 Å². The molecule has 1 N–H and O–H groups in total. The van der Waals surface area contributed by atoms with Crippen molar-refractivity contribution in [1.29, 1.82) is 0 Å². The molecule has 3 nitrogen and oxygen atoms in total. The third kappa shape index (κ3) is 4.70. The van der Waals surface area contributed by atoms with Crippen molar-refractivity contribution in [3.8, 4) is 11.6 Å². The minimum atomic E-state index is 0.389. The van der Waals surface area contributed by atoms with Gasteiger partial charge in [0, 0.05) is 28.8 Å². The van der Waals surface area contributed by atoms with Crippen LogP contribution in [0.15, 0.2) is 34.9 Å². The molecule has 21 heavy (non-hydrogen) atoms. The first-order chi connectivity index (χ1) is 9.95. The van der Waals surface area contributed by atoms with E-state index in [1.165, 1.54) is 0 Å². The van der Waals surface area contributed by atoms with Crippen molar-refractivity contribution in [3.05, 3.63) is 51.1 Å². The summed E-state index contributed by atoms with van der Waals surface area (Å²) in [6.45, 7) is 6.88. The maximum absolute atomic E-state index is 6.21. The zero-order chi connectivity index (χ0) is 15.4. The Labute approximate surface area is 138 Å². The molecule has 0 saturated heterocycles. The number of hydrogen-bond acceptors (Lipinski definition) is 3. The van der Waals surface area contributed by atoms with E-state index in [1.54, 1.807) is 6.20 Å². The number of nitrogens with one attached hydrogen (secondary N) is 1. The molecule has 0 saturated carbocycles. The standard InChI is InChI=1S/C16H18BrClN2O/c1-10(2)19-8-12-7-13(17)9-20-16(12)21-15-5-4-11(3)6-14(15)18/h4-7,9-10,19H,8H2,1-3H3. The molecule has 5 heteroatoms. The molecular weight excluding hydrogens is 352 g/mol. The minimum absolute atomic E-state index is 0.389. The van der Waals surface area contributed by atoms with Crippen molar-refractivity contribution in [2.45, 2.75) is 33.4 Å². The Morgan fingerprint density at radius 2 is 2.10 bits per heavy atom. The molecule has 0 bridgehead atoms. The Morgan fingerprint density at radius 1 is 1.33 bits per heavy atom. The number of halogens is 2. The van der Waals surface area contributed by atoms with Crippen molar-refractivity contribution < 1.29 is 4.74 Å². The van der Waals surface area contributed by atoms with Crippen molar-refractivity contribution in [1.82, 2.24) is 10.3 Å². The molecule has 0 aliphatic heterocycles. The summed E-state index contributed by atoms with van der Waals surface area (Å²) in [5.74, 6) is 1.18. The molecule has 2 aromatic rings. The number of nitrogens with zero attached hydrogens (tertiary/aromatic N) is 1. The molecule has 0 fully saturated rings. The van der Waals surface area contributed by atoms with Gasteiger partial charge in [0.25, 0.3) is 0 Å². The van der Waals surface area contributed by atoms with Crippen LogP contribution in [0, 0.1) is 6.92 Å². The van der Waals surface area contributed by atoms with Gasteiger partial charge in [0.2, 0.25) is 5.88 Å². The number of aromatic nitrogens is 1. The zero-order valence-corrected chi connectivity index (χ0v) is 14.6. The fourth-order valence-corrected chi connectivity index (χ4v) is 2.45. The summed E-state index contributed by atoms with van der Waals surface area (Å²) in [6, 6.07) is 8.09. The van der Waals surface area contributed by atoms with E-state index in [-0.39, 0.29) is 0 Å². The van der Waals surface area contributed by atoms with Crippen LogP contribution in [-0.4, -0.2) is 11.0 Å². The van der Waals surface area contributed by atoms with E-state index < -0.39 is 0 Å². The quantitative estimate of drug-likeness (QED) is 0.796. The average Bonchev–Trinajstić information content (AvgIpc) is 2.41. The highest BCUT2D eigenvalue weighted by atomic mass is 79.9. The number of aryl methyl sites for hydroxylation is 1. The summed E-state index contributed by atoms with van der Waals surface area (Å²) >= 11 is 9.65. The Hall–Kier alpha value is -1.10. The van der Waals surface area contributed by atoms with Crippen LogP contribution in [0.3, 0.4) is 0 Å². The smallest absolute Gasteiger partial charge is 0.223 e. The third-order valence-corrected chi connectivity index (χ3v) is 3.62. The van der Waals surface area contributed by atoms with E-state index in [2.05, 4.69) is 40.1 Å². The second-order valence-corrected chi connectivity index (χ2v) is 6.51. The number of hydrogen-bond donors (Lipinski definition) is 1.